The van der Waals surface area contributed by atoms with Crippen molar-refractivity contribution in [3.63, 3.8) is 0 Å². The lowest BCUT2D eigenvalue weighted by Crippen LogP contribution is -2.24. The van der Waals surface area contributed by atoms with E-state index in [4.69, 9.17) is 5.73 Å². The monoisotopic (exact) mass is 216 g/mol. The molecule has 3 N–H and O–H groups in total. The van der Waals surface area contributed by atoms with E-state index in [-0.39, 0.29) is 0 Å². The Bertz CT molecular complexity index is 361. The predicted molar refractivity (Wildman–Crippen MR) is 67.0 cm³/mol. The van der Waals surface area contributed by atoms with E-state index in [0.717, 1.165) is 18.2 Å². The molecule has 0 unspecified atom stereocenters. The molecule has 16 heavy (non-hydrogen) atoms. The molecule has 2 nitrogen and oxygen atoms in total. The molecule has 2 aliphatic rings. The third kappa shape index (κ3) is 2.07. The van der Waals surface area contributed by atoms with E-state index in [1.54, 1.807) is 0 Å². The standard InChI is InChI=1S/C14H20N2/c15-13-5-1-11(2-6-13)9-16-10-14(7-8-14)12-3-4-12/h1-2,5-6,12,16H,3-4,7-10,15H2. The second-order valence-corrected chi connectivity index (χ2v) is 5.48. The molecule has 1 aromatic carbocycles. The summed E-state index contributed by atoms with van der Waals surface area (Å²) in [5.41, 5.74) is 8.55. The van der Waals surface area contributed by atoms with Crippen LogP contribution in [0.15, 0.2) is 24.3 Å². The Kier molecular flexibility index (Phi) is 2.40. The van der Waals surface area contributed by atoms with Crippen molar-refractivity contribution in [3.8, 4) is 0 Å². The minimum atomic E-state index is 0.702. The molecule has 0 heterocycles. The Morgan fingerprint density at radius 3 is 2.44 bits per heavy atom. The third-order valence-electron chi connectivity index (χ3n) is 4.12. The van der Waals surface area contributed by atoms with Gasteiger partial charge < -0.3 is 11.1 Å². The first-order valence-electron chi connectivity index (χ1n) is 6.34. The molecule has 3 rings (SSSR count). The average Bonchev–Trinajstić information content (AvgIpc) is 3.15. The van der Waals surface area contributed by atoms with Crippen LogP contribution in [0.4, 0.5) is 5.69 Å². The van der Waals surface area contributed by atoms with Crippen LogP contribution in [-0.4, -0.2) is 6.54 Å². The van der Waals surface area contributed by atoms with Crippen molar-refractivity contribution >= 4 is 5.69 Å². The van der Waals surface area contributed by atoms with E-state index >= 15 is 0 Å². The molecule has 1 aromatic rings. The summed E-state index contributed by atoms with van der Waals surface area (Å²) in [6.07, 6.45) is 5.85. The van der Waals surface area contributed by atoms with Crippen molar-refractivity contribution < 1.29 is 0 Å². The molecular weight excluding hydrogens is 196 g/mol. The smallest absolute Gasteiger partial charge is 0.0314 e. The maximum Gasteiger partial charge on any atom is 0.0314 e. The van der Waals surface area contributed by atoms with Crippen LogP contribution >= 0.6 is 0 Å². The van der Waals surface area contributed by atoms with Gasteiger partial charge in [0, 0.05) is 18.8 Å². The molecule has 0 atom stereocenters. The number of nitrogens with two attached hydrogens (primary N) is 1. The topological polar surface area (TPSA) is 38.0 Å². The zero-order chi connectivity index (χ0) is 11.0. The lowest BCUT2D eigenvalue weighted by Gasteiger charge is -2.14. The van der Waals surface area contributed by atoms with Crippen molar-refractivity contribution in [2.75, 3.05) is 12.3 Å². The lowest BCUT2D eigenvalue weighted by molar-refractivity contribution is 0.403. The van der Waals surface area contributed by atoms with Gasteiger partial charge in [-0.25, -0.2) is 0 Å². The van der Waals surface area contributed by atoms with Gasteiger partial charge in [0.2, 0.25) is 0 Å². The van der Waals surface area contributed by atoms with Crippen LogP contribution in [0.5, 0.6) is 0 Å². The van der Waals surface area contributed by atoms with Crippen LogP contribution in [0.1, 0.15) is 31.2 Å². The van der Waals surface area contributed by atoms with E-state index in [1.165, 1.54) is 37.8 Å². The molecule has 86 valence electrons. The number of rotatable bonds is 5. The van der Waals surface area contributed by atoms with E-state index in [2.05, 4.69) is 17.4 Å². The Labute approximate surface area is 97.2 Å². The molecule has 2 aliphatic carbocycles. The van der Waals surface area contributed by atoms with Gasteiger partial charge in [0.05, 0.1) is 0 Å². The van der Waals surface area contributed by atoms with Crippen LogP contribution in [0.25, 0.3) is 0 Å². The van der Waals surface area contributed by atoms with Crippen LogP contribution < -0.4 is 11.1 Å². The van der Waals surface area contributed by atoms with Crippen LogP contribution in [-0.2, 0) is 6.54 Å². The quantitative estimate of drug-likeness (QED) is 0.742. The lowest BCUT2D eigenvalue weighted by atomic mass is 10.0. The van der Waals surface area contributed by atoms with Gasteiger partial charge in [0.25, 0.3) is 0 Å². The average molecular weight is 216 g/mol. The first kappa shape index (κ1) is 10.2. The second-order valence-electron chi connectivity index (χ2n) is 5.48. The van der Waals surface area contributed by atoms with Crippen LogP contribution in [0.3, 0.4) is 0 Å². The number of benzene rings is 1. The molecule has 0 aromatic heterocycles. The fraction of sp³-hybridized carbons (Fsp3) is 0.571. The molecule has 0 amide bonds. The summed E-state index contributed by atoms with van der Waals surface area (Å²) in [6, 6.07) is 8.17. The van der Waals surface area contributed by atoms with Crippen molar-refractivity contribution in [2.24, 2.45) is 11.3 Å². The summed E-state index contributed by atoms with van der Waals surface area (Å²) >= 11 is 0. The Hall–Kier alpha value is -1.02. The third-order valence-corrected chi connectivity index (χ3v) is 4.12. The minimum absolute atomic E-state index is 0.702. The van der Waals surface area contributed by atoms with Gasteiger partial charge in [-0.15, -0.1) is 0 Å². The van der Waals surface area contributed by atoms with E-state index in [9.17, 15) is 0 Å². The van der Waals surface area contributed by atoms with E-state index < -0.39 is 0 Å². The molecule has 0 radical (unpaired) electrons. The fourth-order valence-corrected chi connectivity index (χ4v) is 2.68. The van der Waals surface area contributed by atoms with Gasteiger partial charge in [-0.1, -0.05) is 12.1 Å². The normalized spacial score (nSPS) is 22.0. The summed E-state index contributed by atoms with van der Waals surface area (Å²) in [7, 11) is 0. The van der Waals surface area contributed by atoms with Gasteiger partial charge >= 0.3 is 0 Å². The van der Waals surface area contributed by atoms with Crippen molar-refractivity contribution in [1.82, 2.24) is 5.32 Å². The molecule has 0 saturated heterocycles. The molecule has 0 aliphatic heterocycles. The highest BCUT2D eigenvalue weighted by Gasteiger charge is 2.53. The van der Waals surface area contributed by atoms with Crippen LogP contribution in [0, 0.1) is 11.3 Å². The maximum atomic E-state index is 5.66. The fourth-order valence-electron chi connectivity index (χ4n) is 2.68. The molecule has 2 saturated carbocycles. The summed E-state index contributed by atoms with van der Waals surface area (Å²) in [5.74, 6) is 1.05. The number of hydrogen-bond acceptors (Lipinski definition) is 2. The number of nitrogen functional groups attached to an aromatic ring is 1. The maximum absolute atomic E-state index is 5.66. The number of nitrogens with one attached hydrogen (secondary N) is 1. The van der Waals surface area contributed by atoms with Crippen LogP contribution in [0.2, 0.25) is 0 Å². The first-order chi connectivity index (χ1) is 7.78. The summed E-state index contributed by atoms with van der Waals surface area (Å²) in [4.78, 5) is 0. The van der Waals surface area contributed by atoms with Gasteiger partial charge in [0.15, 0.2) is 0 Å². The zero-order valence-corrected chi connectivity index (χ0v) is 9.71. The molecule has 0 bridgehead atoms. The molecule has 0 spiro atoms. The van der Waals surface area contributed by atoms with E-state index in [1.807, 2.05) is 12.1 Å². The number of hydrogen-bond donors (Lipinski definition) is 2. The highest BCUT2D eigenvalue weighted by atomic mass is 14.9. The van der Waals surface area contributed by atoms with Crippen molar-refractivity contribution in [2.45, 2.75) is 32.2 Å². The Balaban J connectivity index is 1.48. The second kappa shape index (κ2) is 3.77. The van der Waals surface area contributed by atoms with Gasteiger partial charge in [-0.2, -0.15) is 0 Å². The molecule has 2 heteroatoms. The SMILES string of the molecule is Nc1ccc(CNCC2(C3CC3)CC2)cc1. The summed E-state index contributed by atoms with van der Waals surface area (Å²) in [6.45, 7) is 2.19. The van der Waals surface area contributed by atoms with Gasteiger partial charge in [-0.3, -0.25) is 0 Å². The van der Waals surface area contributed by atoms with Gasteiger partial charge in [0.1, 0.15) is 0 Å². The predicted octanol–water partition coefficient (Wildman–Crippen LogP) is 2.55. The zero-order valence-electron chi connectivity index (χ0n) is 9.71. The van der Waals surface area contributed by atoms with Gasteiger partial charge in [-0.05, 0) is 54.7 Å². The summed E-state index contributed by atoms with van der Waals surface area (Å²) in [5, 5.41) is 3.60. The number of anilines is 1. The Morgan fingerprint density at radius 1 is 1.19 bits per heavy atom. The largest absolute Gasteiger partial charge is 0.399 e. The highest BCUT2D eigenvalue weighted by Crippen LogP contribution is 2.60. The van der Waals surface area contributed by atoms with Crippen molar-refractivity contribution in [1.29, 1.82) is 0 Å². The van der Waals surface area contributed by atoms with Crippen molar-refractivity contribution in [3.05, 3.63) is 29.8 Å². The minimum Gasteiger partial charge on any atom is -0.399 e. The molecule has 2 fully saturated rings. The van der Waals surface area contributed by atoms with E-state index in [0.29, 0.717) is 5.41 Å². The Morgan fingerprint density at radius 2 is 1.88 bits per heavy atom. The first-order valence-corrected chi connectivity index (χ1v) is 6.34. The molecular formula is C14H20N2. The highest BCUT2D eigenvalue weighted by molar-refractivity contribution is 5.39. The summed E-state index contributed by atoms with van der Waals surface area (Å²) < 4.78 is 0.